The molecule has 0 heterocycles. The predicted octanol–water partition coefficient (Wildman–Crippen LogP) is 3.65. The normalized spacial score (nSPS) is 15.4. The van der Waals surface area contributed by atoms with E-state index in [0.717, 1.165) is 5.56 Å². The minimum atomic E-state index is -0.468. The first-order valence-corrected chi connectivity index (χ1v) is 7.46. The van der Waals surface area contributed by atoms with Crippen LogP contribution in [0.3, 0.4) is 0 Å². The van der Waals surface area contributed by atoms with Crippen LogP contribution in [0, 0.1) is 8.99 Å². The van der Waals surface area contributed by atoms with E-state index in [1.54, 1.807) is 0 Å². The monoisotopic (exact) mass is 362 g/mol. The summed E-state index contributed by atoms with van der Waals surface area (Å²) in [7, 11) is 0. The summed E-state index contributed by atoms with van der Waals surface area (Å²) in [6.07, 6.45) is 0.0329. The number of hydrogen-bond donors (Lipinski definition) is 1. The third kappa shape index (κ3) is 4.86. The maximum Gasteiger partial charge on any atom is 0.0885 e. The smallest absolute Gasteiger partial charge is 0.0885 e. The molecule has 1 N–H and O–H groups in total. The summed E-state index contributed by atoms with van der Waals surface area (Å²) >= 11 is 2.28. The highest BCUT2D eigenvalue weighted by molar-refractivity contribution is 14.1. The van der Waals surface area contributed by atoms with E-state index in [1.165, 1.54) is 3.57 Å². The van der Waals surface area contributed by atoms with Crippen LogP contribution < -0.4 is 0 Å². The number of halogens is 1. The lowest BCUT2D eigenvalue weighted by Gasteiger charge is -2.34. The van der Waals surface area contributed by atoms with Gasteiger partial charge in [0.1, 0.15) is 0 Å². The van der Waals surface area contributed by atoms with Gasteiger partial charge in [0.25, 0.3) is 0 Å². The van der Waals surface area contributed by atoms with E-state index < -0.39 is 6.10 Å². The summed E-state index contributed by atoms with van der Waals surface area (Å²) in [6.45, 7) is 8.90. The van der Waals surface area contributed by atoms with Crippen LogP contribution in [-0.4, -0.2) is 23.9 Å². The average molecular weight is 362 g/mol. The zero-order valence-corrected chi connectivity index (χ0v) is 13.8. The summed E-state index contributed by atoms with van der Waals surface area (Å²) in [5.41, 5.74) is 1.09. The van der Waals surface area contributed by atoms with Gasteiger partial charge in [-0.15, -0.1) is 0 Å². The lowest BCUT2D eigenvalue weighted by Crippen LogP contribution is -2.41. The Morgan fingerprint density at radius 2 is 1.78 bits per heavy atom. The van der Waals surface area contributed by atoms with Crippen molar-refractivity contribution in [2.24, 2.45) is 5.41 Å². The van der Waals surface area contributed by atoms with Crippen molar-refractivity contribution < 1.29 is 9.84 Å². The van der Waals surface area contributed by atoms with E-state index in [0.29, 0.717) is 13.0 Å². The predicted molar refractivity (Wildman–Crippen MR) is 83.7 cm³/mol. The zero-order valence-electron chi connectivity index (χ0n) is 11.6. The lowest BCUT2D eigenvalue weighted by atomic mass is 9.83. The van der Waals surface area contributed by atoms with Crippen molar-refractivity contribution in [3.8, 4) is 0 Å². The molecule has 0 saturated heterocycles. The van der Waals surface area contributed by atoms with E-state index in [1.807, 2.05) is 6.92 Å². The highest BCUT2D eigenvalue weighted by Crippen LogP contribution is 2.26. The Morgan fingerprint density at radius 1 is 1.22 bits per heavy atom. The Balaban J connectivity index is 2.72. The SMILES string of the molecule is CCOC(C(O)Cc1ccc(I)cc1)C(C)(C)C. The molecule has 1 aromatic rings. The molecule has 0 aliphatic rings. The van der Waals surface area contributed by atoms with E-state index in [4.69, 9.17) is 4.74 Å². The highest BCUT2D eigenvalue weighted by Gasteiger charge is 2.31. The summed E-state index contributed by atoms with van der Waals surface area (Å²) in [6, 6.07) is 8.26. The van der Waals surface area contributed by atoms with Gasteiger partial charge in [-0.05, 0) is 52.6 Å². The molecule has 102 valence electrons. The first-order chi connectivity index (χ1) is 8.34. The molecular weight excluding hydrogens is 339 g/mol. The van der Waals surface area contributed by atoms with Gasteiger partial charge in [0.15, 0.2) is 0 Å². The molecule has 3 heteroatoms. The van der Waals surface area contributed by atoms with Gasteiger partial charge in [-0.3, -0.25) is 0 Å². The van der Waals surface area contributed by atoms with Gasteiger partial charge in [0.2, 0.25) is 0 Å². The highest BCUT2D eigenvalue weighted by atomic mass is 127. The van der Waals surface area contributed by atoms with Gasteiger partial charge in [0, 0.05) is 16.6 Å². The number of benzene rings is 1. The second-order valence-corrected chi connectivity index (χ2v) is 6.89. The molecule has 0 spiro atoms. The molecule has 2 nitrogen and oxygen atoms in total. The molecule has 0 radical (unpaired) electrons. The fourth-order valence-electron chi connectivity index (χ4n) is 2.09. The Kier molecular flexibility index (Phi) is 6.08. The molecule has 0 bridgehead atoms. The van der Waals surface area contributed by atoms with E-state index in [-0.39, 0.29) is 11.5 Å². The minimum absolute atomic E-state index is 0.0569. The molecule has 1 rings (SSSR count). The number of hydrogen-bond acceptors (Lipinski definition) is 2. The van der Waals surface area contributed by atoms with Gasteiger partial charge >= 0.3 is 0 Å². The van der Waals surface area contributed by atoms with Gasteiger partial charge in [-0.1, -0.05) is 32.9 Å². The van der Waals surface area contributed by atoms with Gasteiger partial charge < -0.3 is 9.84 Å². The minimum Gasteiger partial charge on any atom is -0.390 e. The van der Waals surface area contributed by atoms with Crippen molar-refractivity contribution in [1.29, 1.82) is 0 Å². The molecule has 2 atom stereocenters. The fraction of sp³-hybridized carbons (Fsp3) is 0.600. The van der Waals surface area contributed by atoms with Crippen molar-refractivity contribution >= 4 is 22.6 Å². The third-order valence-corrected chi connectivity index (χ3v) is 3.63. The maximum atomic E-state index is 10.4. The van der Waals surface area contributed by atoms with Crippen LogP contribution in [0.25, 0.3) is 0 Å². The van der Waals surface area contributed by atoms with Crippen LogP contribution >= 0.6 is 22.6 Å². The van der Waals surface area contributed by atoms with E-state index >= 15 is 0 Å². The third-order valence-electron chi connectivity index (χ3n) is 2.91. The van der Waals surface area contributed by atoms with Crippen molar-refractivity contribution in [3.63, 3.8) is 0 Å². The van der Waals surface area contributed by atoms with Crippen LogP contribution in [0.1, 0.15) is 33.3 Å². The molecule has 0 aliphatic heterocycles. The molecule has 0 amide bonds. The molecule has 0 aromatic heterocycles. The van der Waals surface area contributed by atoms with Crippen LogP contribution in [0.15, 0.2) is 24.3 Å². The summed E-state index contributed by atoms with van der Waals surface area (Å²) in [5.74, 6) is 0. The number of rotatable bonds is 5. The summed E-state index contributed by atoms with van der Waals surface area (Å²) in [4.78, 5) is 0. The van der Waals surface area contributed by atoms with Gasteiger partial charge in [-0.2, -0.15) is 0 Å². The van der Waals surface area contributed by atoms with Crippen molar-refractivity contribution in [2.45, 2.75) is 46.3 Å². The fourth-order valence-corrected chi connectivity index (χ4v) is 2.45. The van der Waals surface area contributed by atoms with E-state index in [2.05, 4.69) is 67.6 Å². The van der Waals surface area contributed by atoms with Crippen LogP contribution in [0.2, 0.25) is 0 Å². The second kappa shape index (κ2) is 6.87. The molecular formula is C15H23IO2. The van der Waals surface area contributed by atoms with Gasteiger partial charge in [0.05, 0.1) is 12.2 Å². The molecule has 0 aliphatic carbocycles. The molecule has 18 heavy (non-hydrogen) atoms. The molecule has 1 aromatic carbocycles. The Bertz CT molecular complexity index is 354. The van der Waals surface area contributed by atoms with E-state index in [9.17, 15) is 5.11 Å². The number of aliphatic hydroxyl groups is 1. The molecule has 0 fully saturated rings. The quantitative estimate of drug-likeness (QED) is 0.811. The average Bonchev–Trinajstić information content (AvgIpc) is 2.27. The summed E-state index contributed by atoms with van der Waals surface area (Å²) in [5, 5.41) is 10.4. The van der Waals surface area contributed by atoms with Crippen molar-refractivity contribution in [2.75, 3.05) is 6.61 Å². The Morgan fingerprint density at radius 3 is 2.22 bits per heavy atom. The van der Waals surface area contributed by atoms with Crippen LogP contribution in [0.5, 0.6) is 0 Å². The van der Waals surface area contributed by atoms with Crippen LogP contribution in [0.4, 0.5) is 0 Å². The topological polar surface area (TPSA) is 29.5 Å². The molecule has 0 saturated carbocycles. The Labute approximate surface area is 124 Å². The van der Waals surface area contributed by atoms with Crippen molar-refractivity contribution in [1.82, 2.24) is 0 Å². The summed E-state index contributed by atoms with van der Waals surface area (Å²) < 4.78 is 6.92. The van der Waals surface area contributed by atoms with Crippen LogP contribution in [-0.2, 0) is 11.2 Å². The Hall–Kier alpha value is -0.130. The number of ether oxygens (including phenoxy) is 1. The maximum absolute atomic E-state index is 10.4. The standard InChI is InChI=1S/C15H23IO2/c1-5-18-14(15(2,3)4)13(17)10-11-6-8-12(16)9-7-11/h6-9,13-14,17H,5,10H2,1-4H3. The zero-order chi connectivity index (χ0) is 13.8. The van der Waals surface area contributed by atoms with Gasteiger partial charge in [-0.25, -0.2) is 0 Å². The lowest BCUT2D eigenvalue weighted by molar-refractivity contribution is -0.0873. The number of aliphatic hydroxyl groups excluding tert-OH is 1. The first kappa shape index (κ1) is 15.9. The first-order valence-electron chi connectivity index (χ1n) is 6.38. The van der Waals surface area contributed by atoms with Crippen molar-refractivity contribution in [3.05, 3.63) is 33.4 Å². The molecule has 2 unspecified atom stereocenters. The largest absolute Gasteiger partial charge is 0.390 e. The second-order valence-electron chi connectivity index (χ2n) is 5.64.